The Morgan fingerprint density at radius 3 is 2.61 bits per heavy atom. The lowest BCUT2D eigenvalue weighted by molar-refractivity contribution is 0.0601. The van der Waals surface area contributed by atoms with Gasteiger partial charge < -0.3 is 24.8 Å². The average Bonchev–Trinajstić information content (AvgIpc) is 3.02. The Morgan fingerprint density at radius 2 is 1.78 bits per heavy atom. The molecule has 2 atom stereocenters. The predicted molar refractivity (Wildman–Crippen MR) is 159 cm³/mol. The van der Waals surface area contributed by atoms with E-state index in [1.807, 2.05) is 36.4 Å². The number of ether oxygens (including phenoxy) is 3. The van der Waals surface area contributed by atoms with Gasteiger partial charge in [-0.2, -0.15) is 0 Å². The van der Waals surface area contributed by atoms with E-state index in [9.17, 15) is 9.18 Å². The summed E-state index contributed by atoms with van der Waals surface area (Å²) < 4.78 is 30.0. The van der Waals surface area contributed by atoms with Crippen LogP contribution in [0.5, 0.6) is 5.75 Å². The molecule has 1 heterocycles. The summed E-state index contributed by atoms with van der Waals surface area (Å²) in [6, 6.07) is 27.4. The van der Waals surface area contributed by atoms with Crippen LogP contribution in [0.1, 0.15) is 45.8 Å². The topological polar surface area (TPSA) is 68.8 Å². The zero-order valence-corrected chi connectivity index (χ0v) is 23.4. The van der Waals surface area contributed by atoms with E-state index in [4.69, 9.17) is 14.2 Å². The SMILES string of the molecule is COC(=O)c1ccc2cc(CN[C@H]3CNCC[C@H]3c3ccc(OCCCOCc4ccccc4F)cc3)ccc2c1. The maximum absolute atomic E-state index is 13.7. The van der Waals surface area contributed by atoms with E-state index in [1.54, 1.807) is 12.1 Å². The molecule has 2 N–H and O–H groups in total. The molecule has 1 saturated heterocycles. The zero-order chi connectivity index (χ0) is 28.4. The van der Waals surface area contributed by atoms with Gasteiger partial charge in [0.15, 0.2) is 0 Å². The molecule has 0 radical (unpaired) electrons. The van der Waals surface area contributed by atoms with E-state index in [2.05, 4.69) is 41.0 Å². The second-order valence-electron chi connectivity index (χ2n) is 10.4. The molecule has 0 spiro atoms. The van der Waals surface area contributed by atoms with Gasteiger partial charge in [-0.1, -0.05) is 48.5 Å². The molecule has 1 fully saturated rings. The number of halogens is 1. The number of nitrogens with one attached hydrogen (secondary N) is 2. The minimum absolute atomic E-state index is 0.236. The van der Waals surface area contributed by atoms with Crippen LogP contribution in [0.25, 0.3) is 10.8 Å². The lowest BCUT2D eigenvalue weighted by atomic mass is 9.86. The Kier molecular flexibility index (Phi) is 9.96. The van der Waals surface area contributed by atoms with Gasteiger partial charge in [0.25, 0.3) is 0 Å². The third kappa shape index (κ3) is 7.70. The molecule has 0 bridgehead atoms. The summed E-state index contributed by atoms with van der Waals surface area (Å²) in [5.41, 5.74) is 3.64. The van der Waals surface area contributed by atoms with Crippen molar-refractivity contribution in [3.63, 3.8) is 0 Å². The van der Waals surface area contributed by atoms with Gasteiger partial charge >= 0.3 is 5.97 Å². The Labute approximate surface area is 240 Å². The monoisotopic (exact) mass is 556 g/mol. The maximum atomic E-state index is 13.7. The van der Waals surface area contributed by atoms with Crippen LogP contribution < -0.4 is 15.4 Å². The molecule has 7 heteroatoms. The van der Waals surface area contributed by atoms with Crippen LogP contribution in [0.15, 0.2) is 84.9 Å². The normalized spacial score (nSPS) is 16.9. The van der Waals surface area contributed by atoms with Crippen molar-refractivity contribution in [1.29, 1.82) is 0 Å². The molecule has 0 saturated carbocycles. The van der Waals surface area contributed by atoms with Gasteiger partial charge in [0.1, 0.15) is 11.6 Å². The second-order valence-corrected chi connectivity index (χ2v) is 10.4. The van der Waals surface area contributed by atoms with Crippen LogP contribution in [0.4, 0.5) is 4.39 Å². The van der Waals surface area contributed by atoms with Gasteiger partial charge in [-0.3, -0.25) is 0 Å². The van der Waals surface area contributed by atoms with Crippen molar-refractivity contribution in [1.82, 2.24) is 10.6 Å². The molecular weight excluding hydrogens is 519 g/mol. The van der Waals surface area contributed by atoms with Gasteiger partial charge in [-0.15, -0.1) is 0 Å². The van der Waals surface area contributed by atoms with Crippen molar-refractivity contribution in [2.45, 2.75) is 38.0 Å². The van der Waals surface area contributed by atoms with Crippen molar-refractivity contribution < 1.29 is 23.4 Å². The average molecular weight is 557 g/mol. The first-order valence-electron chi connectivity index (χ1n) is 14.2. The fourth-order valence-corrected chi connectivity index (χ4v) is 5.33. The fraction of sp³-hybridized carbons (Fsp3) is 0.324. The van der Waals surface area contributed by atoms with Crippen LogP contribution in [-0.2, 0) is 22.6 Å². The predicted octanol–water partition coefficient (Wildman–Crippen LogP) is 5.99. The molecule has 6 nitrogen and oxygen atoms in total. The summed E-state index contributed by atoms with van der Waals surface area (Å²) in [6.45, 7) is 3.99. The number of methoxy groups -OCH3 is 1. The smallest absolute Gasteiger partial charge is 0.337 e. The summed E-state index contributed by atoms with van der Waals surface area (Å²) in [5, 5.41) is 9.42. The number of carbonyl (C=O) groups excluding carboxylic acids is 1. The first-order chi connectivity index (χ1) is 20.1. The van der Waals surface area contributed by atoms with Gasteiger partial charge in [0, 0.05) is 37.0 Å². The number of esters is 1. The largest absolute Gasteiger partial charge is 0.494 e. The number of hydrogen-bond acceptors (Lipinski definition) is 6. The number of carbonyl (C=O) groups is 1. The molecule has 214 valence electrons. The minimum Gasteiger partial charge on any atom is -0.494 e. The highest BCUT2D eigenvalue weighted by Gasteiger charge is 2.26. The summed E-state index contributed by atoms with van der Waals surface area (Å²) in [7, 11) is 1.40. The summed E-state index contributed by atoms with van der Waals surface area (Å²) in [5.74, 6) is 0.685. The summed E-state index contributed by atoms with van der Waals surface area (Å²) in [4.78, 5) is 11.8. The van der Waals surface area contributed by atoms with Crippen LogP contribution >= 0.6 is 0 Å². The lowest BCUT2D eigenvalue weighted by Crippen LogP contribution is -2.47. The van der Waals surface area contributed by atoms with Crippen LogP contribution in [0.3, 0.4) is 0 Å². The Balaban J connectivity index is 1.10. The van der Waals surface area contributed by atoms with Crippen LogP contribution in [0, 0.1) is 5.82 Å². The van der Waals surface area contributed by atoms with Gasteiger partial charge in [-0.25, -0.2) is 9.18 Å². The maximum Gasteiger partial charge on any atom is 0.337 e. The molecule has 1 aliphatic heterocycles. The third-order valence-electron chi connectivity index (χ3n) is 7.60. The zero-order valence-electron chi connectivity index (χ0n) is 23.4. The molecule has 4 aromatic carbocycles. The summed E-state index contributed by atoms with van der Waals surface area (Å²) >= 11 is 0. The van der Waals surface area contributed by atoms with Crippen LogP contribution in [-0.4, -0.2) is 45.4 Å². The van der Waals surface area contributed by atoms with E-state index in [-0.39, 0.29) is 18.4 Å². The Hall–Kier alpha value is -3.78. The molecule has 0 aliphatic carbocycles. The number of hydrogen-bond donors (Lipinski definition) is 2. The van der Waals surface area contributed by atoms with Gasteiger partial charge in [0.05, 0.1) is 32.5 Å². The lowest BCUT2D eigenvalue weighted by Gasteiger charge is -2.33. The molecule has 5 rings (SSSR count). The van der Waals surface area contributed by atoms with E-state index < -0.39 is 0 Å². The third-order valence-corrected chi connectivity index (χ3v) is 7.60. The van der Waals surface area contributed by atoms with Crippen molar-refractivity contribution in [2.24, 2.45) is 0 Å². The number of benzene rings is 4. The molecular formula is C34H37FN2O4. The number of rotatable bonds is 12. The van der Waals surface area contributed by atoms with E-state index in [1.165, 1.54) is 24.3 Å². The number of fused-ring (bicyclic) bond motifs is 1. The first-order valence-corrected chi connectivity index (χ1v) is 14.2. The molecule has 0 amide bonds. The molecule has 4 aromatic rings. The van der Waals surface area contributed by atoms with Gasteiger partial charge in [0.2, 0.25) is 0 Å². The Bertz CT molecular complexity index is 1440. The van der Waals surface area contributed by atoms with Crippen molar-refractivity contribution >= 4 is 16.7 Å². The van der Waals surface area contributed by atoms with Crippen molar-refractivity contribution in [3.8, 4) is 5.75 Å². The Morgan fingerprint density at radius 1 is 0.976 bits per heavy atom. The molecule has 0 aromatic heterocycles. The highest BCUT2D eigenvalue weighted by molar-refractivity contribution is 5.95. The summed E-state index contributed by atoms with van der Waals surface area (Å²) in [6.07, 6.45) is 1.79. The van der Waals surface area contributed by atoms with E-state index >= 15 is 0 Å². The highest BCUT2D eigenvalue weighted by Crippen LogP contribution is 2.28. The second kappa shape index (κ2) is 14.2. The molecule has 1 aliphatic rings. The standard InChI is InChI=1S/C34H37FN2O4/c1-39-34(38)28-10-9-26-19-24(7-8-27(26)20-28)21-37-33-22-36-16-15-31(33)25-11-13-30(14-12-25)41-18-4-17-40-23-29-5-2-3-6-32(29)35/h2-3,5-14,19-20,31,33,36-37H,4,15-18,21-23H2,1H3/t31-,33-/m0/s1. The number of piperidine rings is 1. The van der Waals surface area contributed by atoms with E-state index in [0.29, 0.717) is 36.3 Å². The van der Waals surface area contributed by atoms with E-state index in [0.717, 1.165) is 49.0 Å². The fourth-order valence-electron chi connectivity index (χ4n) is 5.33. The van der Waals surface area contributed by atoms with Gasteiger partial charge in [-0.05, 0) is 71.3 Å². The van der Waals surface area contributed by atoms with Crippen molar-refractivity contribution in [2.75, 3.05) is 33.4 Å². The quantitative estimate of drug-likeness (QED) is 0.165. The molecule has 41 heavy (non-hydrogen) atoms. The minimum atomic E-state index is -0.323. The molecule has 0 unspecified atom stereocenters. The first kappa shape index (κ1) is 28.7. The van der Waals surface area contributed by atoms with Crippen LogP contribution in [0.2, 0.25) is 0 Å². The van der Waals surface area contributed by atoms with Crippen molar-refractivity contribution in [3.05, 3.63) is 113 Å². The highest BCUT2D eigenvalue weighted by atomic mass is 19.1.